The average Bonchev–Trinajstić information content (AvgIpc) is 2.78. The minimum Gasteiger partial charge on any atom is -0.461 e. The van der Waals surface area contributed by atoms with Crippen molar-refractivity contribution >= 4 is 11.8 Å². The van der Waals surface area contributed by atoms with Crippen molar-refractivity contribution in [2.45, 2.75) is 51.2 Å². The van der Waals surface area contributed by atoms with Gasteiger partial charge in [0.05, 0.1) is 11.5 Å². The van der Waals surface area contributed by atoms with Crippen molar-refractivity contribution in [3.63, 3.8) is 0 Å². The number of carbonyl (C=O) groups is 2. The molecule has 1 heterocycles. The first-order chi connectivity index (χ1) is 10.8. The van der Waals surface area contributed by atoms with Crippen LogP contribution in [0.4, 0.5) is 0 Å². The predicted molar refractivity (Wildman–Crippen MR) is 84.4 cm³/mol. The van der Waals surface area contributed by atoms with E-state index in [1.807, 2.05) is 13.0 Å². The summed E-state index contributed by atoms with van der Waals surface area (Å²) in [6.45, 7) is 7.73. The van der Waals surface area contributed by atoms with Crippen molar-refractivity contribution in [1.29, 1.82) is 0 Å². The SMILES string of the molecule is C=C(C)[C@@H]1CC(=O)C2=C(C1)[C@@H]1C(=O)O[C@@H]3C[C@](C)(O)C(=CC2)[C@H]13. The lowest BCUT2D eigenvalue weighted by Crippen LogP contribution is -2.29. The molecule has 4 aliphatic rings. The Morgan fingerprint density at radius 2 is 2.13 bits per heavy atom. The minimum atomic E-state index is -0.945. The normalized spacial score (nSPS) is 42.0. The van der Waals surface area contributed by atoms with Crippen LogP contribution in [0.3, 0.4) is 0 Å². The maximum absolute atomic E-state index is 12.6. The standard InChI is InChI=1S/C19H22O4/c1-9(2)10-6-12-11(14(20)7-10)4-5-13-17-15(8-19(13,3)22)23-18(21)16(12)17/h5,10,15-17,22H,1,4,6-8H2,2-3H3/t10-,15+,16-,17-,19-/m0/s1. The third kappa shape index (κ3) is 2.01. The number of aliphatic hydroxyl groups is 1. The zero-order valence-corrected chi connectivity index (χ0v) is 13.6. The van der Waals surface area contributed by atoms with E-state index in [9.17, 15) is 14.7 Å². The molecule has 4 nitrogen and oxygen atoms in total. The Balaban J connectivity index is 1.82. The molecule has 0 spiro atoms. The second-order valence-electron chi connectivity index (χ2n) is 7.70. The van der Waals surface area contributed by atoms with Crippen molar-refractivity contribution in [3.05, 3.63) is 34.9 Å². The quantitative estimate of drug-likeness (QED) is 0.596. The summed E-state index contributed by atoms with van der Waals surface area (Å²) in [5.41, 5.74) is 2.63. The number of rotatable bonds is 1. The molecule has 5 atom stereocenters. The number of hydrogen-bond acceptors (Lipinski definition) is 4. The fourth-order valence-electron chi connectivity index (χ4n) is 4.90. The van der Waals surface area contributed by atoms with E-state index in [1.165, 1.54) is 0 Å². The van der Waals surface area contributed by atoms with Crippen molar-refractivity contribution < 1.29 is 19.4 Å². The van der Waals surface area contributed by atoms with Gasteiger partial charge in [0.15, 0.2) is 5.78 Å². The number of ether oxygens (including phenoxy) is 1. The number of hydrogen-bond donors (Lipinski definition) is 1. The third-order valence-electron chi connectivity index (χ3n) is 6.08. The summed E-state index contributed by atoms with van der Waals surface area (Å²) >= 11 is 0. The largest absolute Gasteiger partial charge is 0.461 e. The maximum atomic E-state index is 12.6. The molecule has 1 saturated carbocycles. The van der Waals surface area contributed by atoms with E-state index >= 15 is 0 Å². The number of Topliss-reactive ketones (excluding diaryl/α,β-unsaturated/α-hetero) is 1. The molecule has 0 radical (unpaired) electrons. The van der Waals surface area contributed by atoms with E-state index in [4.69, 9.17) is 4.74 Å². The Morgan fingerprint density at radius 1 is 1.39 bits per heavy atom. The molecule has 23 heavy (non-hydrogen) atoms. The number of fused-ring (bicyclic) bond motifs is 1. The van der Waals surface area contributed by atoms with E-state index in [-0.39, 0.29) is 29.7 Å². The molecule has 4 rings (SSSR count). The molecule has 4 heteroatoms. The van der Waals surface area contributed by atoms with Gasteiger partial charge in [0.1, 0.15) is 6.10 Å². The minimum absolute atomic E-state index is 0.108. The summed E-state index contributed by atoms with van der Waals surface area (Å²) in [6.07, 6.45) is 3.87. The molecule has 1 saturated heterocycles. The lowest BCUT2D eigenvalue weighted by molar-refractivity contribution is -0.144. The first kappa shape index (κ1) is 14.9. The van der Waals surface area contributed by atoms with E-state index in [0.29, 0.717) is 25.7 Å². The summed E-state index contributed by atoms with van der Waals surface area (Å²) in [5.74, 6) is -0.514. The molecule has 0 amide bonds. The molecule has 0 aromatic rings. The van der Waals surface area contributed by atoms with Gasteiger partial charge in [0.25, 0.3) is 0 Å². The summed E-state index contributed by atoms with van der Waals surface area (Å²) in [7, 11) is 0. The van der Waals surface area contributed by atoms with Crippen molar-refractivity contribution in [3.8, 4) is 0 Å². The maximum Gasteiger partial charge on any atom is 0.314 e. The average molecular weight is 314 g/mol. The van der Waals surface area contributed by atoms with Crippen LogP contribution >= 0.6 is 0 Å². The van der Waals surface area contributed by atoms with Gasteiger partial charge < -0.3 is 9.84 Å². The second kappa shape index (κ2) is 4.67. The van der Waals surface area contributed by atoms with Gasteiger partial charge in [0.2, 0.25) is 0 Å². The van der Waals surface area contributed by atoms with Gasteiger partial charge in [-0.1, -0.05) is 18.2 Å². The number of esters is 1. The molecular formula is C19H22O4. The summed E-state index contributed by atoms with van der Waals surface area (Å²) in [5, 5.41) is 10.7. The van der Waals surface area contributed by atoms with Crippen LogP contribution in [0.15, 0.2) is 34.9 Å². The number of carbonyl (C=O) groups excluding carboxylic acids is 2. The van der Waals surface area contributed by atoms with E-state index in [2.05, 4.69) is 6.58 Å². The number of ketones is 1. The topological polar surface area (TPSA) is 63.6 Å². The summed E-state index contributed by atoms with van der Waals surface area (Å²) in [6, 6.07) is 0. The van der Waals surface area contributed by atoms with Gasteiger partial charge in [-0.15, -0.1) is 0 Å². The molecule has 0 unspecified atom stereocenters. The molecular weight excluding hydrogens is 292 g/mol. The highest BCUT2D eigenvalue weighted by molar-refractivity contribution is 5.99. The van der Waals surface area contributed by atoms with E-state index in [0.717, 1.165) is 22.3 Å². The van der Waals surface area contributed by atoms with Crippen LogP contribution in [0.1, 0.15) is 39.5 Å². The molecule has 2 fully saturated rings. The Hall–Kier alpha value is -1.68. The van der Waals surface area contributed by atoms with Crippen LogP contribution in [-0.2, 0) is 14.3 Å². The third-order valence-corrected chi connectivity index (χ3v) is 6.08. The first-order valence-electron chi connectivity index (χ1n) is 8.33. The van der Waals surface area contributed by atoms with E-state index < -0.39 is 11.5 Å². The van der Waals surface area contributed by atoms with Crippen molar-refractivity contribution in [2.75, 3.05) is 0 Å². The van der Waals surface area contributed by atoms with Gasteiger partial charge >= 0.3 is 5.97 Å². The highest BCUT2D eigenvalue weighted by Gasteiger charge is 2.59. The van der Waals surface area contributed by atoms with Crippen molar-refractivity contribution in [1.82, 2.24) is 0 Å². The Bertz CT molecular complexity index is 694. The van der Waals surface area contributed by atoms with E-state index in [1.54, 1.807) is 6.92 Å². The highest BCUT2D eigenvalue weighted by Crippen LogP contribution is 2.55. The molecule has 1 N–H and O–H groups in total. The second-order valence-corrected chi connectivity index (χ2v) is 7.70. The Kier molecular flexibility index (Phi) is 3.02. The lowest BCUT2D eigenvalue weighted by Gasteiger charge is -2.29. The molecule has 3 aliphatic carbocycles. The van der Waals surface area contributed by atoms with Gasteiger partial charge in [-0.3, -0.25) is 9.59 Å². The first-order valence-corrected chi connectivity index (χ1v) is 8.33. The fourth-order valence-corrected chi connectivity index (χ4v) is 4.90. The molecule has 1 aliphatic heterocycles. The van der Waals surface area contributed by atoms with Crippen LogP contribution in [-0.4, -0.2) is 28.6 Å². The molecule has 0 aromatic carbocycles. The number of allylic oxidation sites excluding steroid dienone is 3. The van der Waals surface area contributed by atoms with Crippen LogP contribution in [0.2, 0.25) is 0 Å². The molecule has 0 aromatic heterocycles. The predicted octanol–water partition coefficient (Wildman–Crippen LogP) is 2.48. The fraction of sp³-hybridized carbons (Fsp3) is 0.579. The van der Waals surface area contributed by atoms with Gasteiger partial charge in [0, 0.05) is 18.8 Å². The molecule has 122 valence electrons. The van der Waals surface area contributed by atoms with Crippen molar-refractivity contribution in [2.24, 2.45) is 17.8 Å². The van der Waals surface area contributed by atoms with Crippen LogP contribution < -0.4 is 0 Å². The van der Waals surface area contributed by atoms with Crippen LogP contribution in [0.5, 0.6) is 0 Å². The zero-order chi connectivity index (χ0) is 16.5. The van der Waals surface area contributed by atoms with Crippen LogP contribution in [0.25, 0.3) is 0 Å². The Morgan fingerprint density at radius 3 is 2.83 bits per heavy atom. The van der Waals surface area contributed by atoms with Gasteiger partial charge in [-0.05, 0) is 49.3 Å². The monoisotopic (exact) mass is 314 g/mol. The highest BCUT2D eigenvalue weighted by atomic mass is 16.6. The van der Waals surface area contributed by atoms with Crippen LogP contribution in [0, 0.1) is 17.8 Å². The zero-order valence-electron chi connectivity index (χ0n) is 13.6. The Labute approximate surface area is 135 Å². The summed E-state index contributed by atoms with van der Waals surface area (Å²) in [4.78, 5) is 25.1. The smallest absolute Gasteiger partial charge is 0.314 e. The summed E-state index contributed by atoms with van der Waals surface area (Å²) < 4.78 is 5.56. The van der Waals surface area contributed by atoms with Gasteiger partial charge in [-0.25, -0.2) is 0 Å². The van der Waals surface area contributed by atoms with Gasteiger partial charge in [-0.2, -0.15) is 0 Å². The lowest BCUT2D eigenvalue weighted by atomic mass is 9.72. The molecule has 0 bridgehead atoms.